The maximum Gasteiger partial charge on any atom is 0.220 e. The van der Waals surface area contributed by atoms with Crippen molar-refractivity contribution in [3.63, 3.8) is 0 Å². The summed E-state index contributed by atoms with van der Waals surface area (Å²) in [6, 6.07) is 18.2. The Morgan fingerprint density at radius 2 is 1.69 bits per heavy atom. The maximum atomic E-state index is 11.7. The molecule has 49 heavy (non-hydrogen) atoms. The Hall–Kier alpha value is -4.22. The van der Waals surface area contributed by atoms with Crippen LogP contribution in [-0.2, 0) is 28.1 Å². The highest BCUT2D eigenvalue weighted by Gasteiger charge is 2.45. The Morgan fingerprint density at radius 1 is 0.959 bits per heavy atom. The van der Waals surface area contributed by atoms with Crippen molar-refractivity contribution in [2.45, 2.75) is 61.6 Å². The third kappa shape index (κ3) is 6.70. The number of amides is 2. The van der Waals surface area contributed by atoms with Crippen LogP contribution in [0.15, 0.2) is 72.8 Å². The average Bonchev–Trinajstić information content (AvgIpc) is 3.85. The largest absolute Gasteiger partial charge is 0.481 e. The quantitative estimate of drug-likeness (QED) is 0.133. The van der Waals surface area contributed by atoms with E-state index in [9.17, 15) is 9.59 Å². The number of halogens is 2. The van der Waals surface area contributed by atoms with Crippen molar-refractivity contribution in [1.82, 2.24) is 36.4 Å². The van der Waals surface area contributed by atoms with Crippen LogP contribution in [-0.4, -0.2) is 64.7 Å². The van der Waals surface area contributed by atoms with E-state index in [1.807, 2.05) is 54.6 Å². The molecule has 2 unspecified atom stereocenters. The molecular formula is C37H39Cl2N7O3. The van der Waals surface area contributed by atoms with Crippen LogP contribution in [0, 0.1) is 0 Å². The molecule has 4 atom stereocenters. The molecule has 0 radical (unpaired) electrons. The standard InChI is InChI=1S/C37H39Cl2N7O3/c1-49-36-22(18-40-19-24-10-14-33(47)42-24)8-13-32(44-36)37(16-4-6-27(35(37)39)26-5-2-3-7-29(26)38)23-9-12-30-28(17-23)31(46-45-30)21-41-20-25-11-15-34(48)43-25/h2-9,12-13,16-17,24-25,35,40-41H,10-11,14-15,18-21H2,1H3,(H,42,47)(H,43,48)(H,45,46)/t24-,25-,35?,37?/m0/s1. The van der Waals surface area contributed by atoms with Gasteiger partial charge in [-0.05, 0) is 53.8 Å². The van der Waals surface area contributed by atoms with E-state index in [-0.39, 0.29) is 23.9 Å². The van der Waals surface area contributed by atoms with Crippen LogP contribution in [0.1, 0.15) is 53.8 Å². The Labute approximate surface area is 295 Å². The van der Waals surface area contributed by atoms with Crippen LogP contribution in [0.25, 0.3) is 16.5 Å². The molecule has 2 aliphatic heterocycles. The van der Waals surface area contributed by atoms with Crippen molar-refractivity contribution in [2.24, 2.45) is 0 Å². The number of aromatic amines is 1. The summed E-state index contributed by atoms with van der Waals surface area (Å²) >= 11 is 14.4. The number of benzene rings is 2. The highest BCUT2D eigenvalue weighted by Crippen LogP contribution is 2.49. The lowest BCUT2D eigenvalue weighted by atomic mass is 9.68. The van der Waals surface area contributed by atoms with E-state index in [2.05, 4.69) is 49.7 Å². The van der Waals surface area contributed by atoms with Gasteiger partial charge in [-0.25, -0.2) is 4.98 Å². The molecule has 7 rings (SSSR count). The molecule has 1 aliphatic carbocycles. The van der Waals surface area contributed by atoms with Gasteiger partial charge in [0, 0.05) is 67.1 Å². The number of methoxy groups -OCH3 is 1. The van der Waals surface area contributed by atoms with Gasteiger partial charge in [-0.15, -0.1) is 11.6 Å². The predicted octanol–water partition coefficient (Wildman–Crippen LogP) is 4.90. The van der Waals surface area contributed by atoms with Crippen molar-refractivity contribution >= 4 is 51.5 Å². The van der Waals surface area contributed by atoms with Gasteiger partial charge < -0.3 is 26.0 Å². The molecule has 0 spiro atoms. The maximum absolute atomic E-state index is 11.7. The summed E-state index contributed by atoms with van der Waals surface area (Å²) in [5, 5.41) is 21.7. The van der Waals surface area contributed by atoms with Gasteiger partial charge in [0.25, 0.3) is 0 Å². The summed E-state index contributed by atoms with van der Waals surface area (Å²) in [4.78, 5) is 28.4. The smallest absolute Gasteiger partial charge is 0.220 e. The van der Waals surface area contributed by atoms with E-state index in [0.717, 1.165) is 57.4 Å². The Morgan fingerprint density at radius 3 is 2.39 bits per heavy atom. The second-order valence-electron chi connectivity index (χ2n) is 12.9. The monoisotopic (exact) mass is 699 g/mol. The van der Waals surface area contributed by atoms with E-state index in [4.69, 9.17) is 32.9 Å². The number of aromatic nitrogens is 3. The number of alkyl halides is 1. The SMILES string of the molecule is COc1nc(C2(c3ccc4n[nH]c(CNC[C@@H]5CCC(=O)N5)c4c3)C=CC=C(c3ccccc3Cl)C2Cl)ccc1CNC[C@@H]1CCC(=O)N1. The molecule has 3 aliphatic rings. The lowest BCUT2D eigenvalue weighted by Crippen LogP contribution is -2.39. The summed E-state index contributed by atoms with van der Waals surface area (Å²) in [6.45, 7) is 2.43. The summed E-state index contributed by atoms with van der Waals surface area (Å²) < 4.78 is 5.86. The van der Waals surface area contributed by atoms with Crippen molar-refractivity contribution in [3.8, 4) is 5.88 Å². The molecule has 2 aromatic heterocycles. The normalized spacial score (nSPS) is 23.5. The number of hydrogen-bond donors (Lipinski definition) is 5. The summed E-state index contributed by atoms with van der Waals surface area (Å²) in [7, 11) is 1.62. The first-order valence-corrected chi connectivity index (χ1v) is 17.5. The van der Waals surface area contributed by atoms with Crippen LogP contribution < -0.4 is 26.0 Å². The van der Waals surface area contributed by atoms with Gasteiger partial charge in [-0.2, -0.15) is 5.10 Å². The zero-order chi connectivity index (χ0) is 34.0. The molecule has 10 nitrogen and oxygen atoms in total. The lowest BCUT2D eigenvalue weighted by molar-refractivity contribution is -0.120. The number of pyridine rings is 1. The highest BCUT2D eigenvalue weighted by molar-refractivity contribution is 6.34. The van der Waals surface area contributed by atoms with Gasteiger partial charge in [-0.3, -0.25) is 14.7 Å². The number of carbonyl (C=O) groups excluding carboxylic acids is 2. The van der Waals surface area contributed by atoms with Gasteiger partial charge in [0.1, 0.15) is 0 Å². The topological polar surface area (TPSA) is 133 Å². The van der Waals surface area contributed by atoms with Gasteiger partial charge in [0.05, 0.1) is 34.8 Å². The first-order valence-electron chi connectivity index (χ1n) is 16.7. The average molecular weight is 701 g/mol. The zero-order valence-corrected chi connectivity index (χ0v) is 28.7. The number of allylic oxidation sites excluding steroid dienone is 4. The van der Waals surface area contributed by atoms with E-state index in [0.29, 0.717) is 49.9 Å². The number of carbonyl (C=O) groups is 2. The van der Waals surface area contributed by atoms with Gasteiger partial charge >= 0.3 is 0 Å². The summed E-state index contributed by atoms with van der Waals surface area (Å²) in [5.41, 5.74) is 5.18. The fourth-order valence-electron chi connectivity index (χ4n) is 7.12. The Balaban J connectivity index is 1.24. The molecule has 4 aromatic rings. The summed E-state index contributed by atoms with van der Waals surface area (Å²) in [6.07, 6.45) is 8.93. The fourth-order valence-corrected chi connectivity index (χ4v) is 7.87. The van der Waals surface area contributed by atoms with Crippen LogP contribution in [0.4, 0.5) is 0 Å². The van der Waals surface area contributed by atoms with Crippen LogP contribution in [0.2, 0.25) is 5.02 Å². The Kier molecular flexibility index (Phi) is 9.73. The second-order valence-corrected chi connectivity index (χ2v) is 13.7. The number of nitrogens with zero attached hydrogens (tertiary/aromatic N) is 2. The van der Waals surface area contributed by atoms with Gasteiger partial charge in [-0.1, -0.05) is 60.2 Å². The molecule has 0 saturated carbocycles. The molecular weight excluding hydrogens is 661 g/mol. The molecule has 0 bridgehead atoms. The fraction of sp³-hybridized carbons (Fsp3) is 0.351. The number of H-pyrrole nitrogens is 1. The van der Waals surface area contributed by atoms with Crippen molar-refractivity contribution in [2.75, 3.05) is 20.2 Å². The number of hydrogen-bond acceptors (Lipinski definition) is 7. The molecule has 2 fully saturated rings. The second kappa shape index (κ2) is 14.3. The number of nitrogens with one attached hydrogen (secondary N) is 5. The van der Waals surface area contributed by atoms with E-state index < -0.39 is 10.8 Å². The van der Waals surface area contributed by atoms with E-state index in [1.165, 1.54) is 0 Å². The number of fused-ring (bicyclic) bond motifs is 1. The zero-order valence-electron chi connectivity index (χ0n) is 27.2. The van der Waals surface area contributed by atoms with Crippen molar-refractivity contribution in [1.29, 1.82) is 0 Å². The Bertz CT molecular complexity index is 1940. The third-order valence-corrected chi connectivity index (χ3v) is 10.6. The third-order valence-electron chi connectivity index (χ3n) is 9.73. The number of rotatable bonds is 12. The molecule has 12 heteroatoms. The van der Waals surface area contributed by atoms with Gasteiger partial charge in [0.15, 0.2) is 0 Å². The number of ether oxygens (including phenoxy) is 1. The molecule has 2 aromatic carbocycles. The highest BCUT2D eigenvalue weighted by atomic mass is 35.5. The molecule has 4 heterocycles. The first kappa shape index (κ1) is 33.3. The minimum Gasteiger partial charge on any atom is -0.481 e. The van der Waals surface area contributed by atoms with E-state index >= 15 is 0 Å². The molecule has 2 saturated heterocycles. The van der Waals surface area contributed by atoms with E-state index in [1.54, 1.807) is 7.11 Å². The summed E-state index contributed by atoms with van der Waals surface area (Å²) in [5.74, 6) is 0.695. The van der Waals surface area contributed by atoms with Crippen LogP contribution in [0.3, 0.4) is 0 Å². The minimum atomic E-state index is -0.900. The minimum absolute atomic E-state index is 0.0955. The molecule has 2 amide bonds. The molecule has 5 N–H and O–H groups in total. The predicted molar refractivity (Wildman–Crippen MR) is 192 cm³/mol. The van der Waals surface area contributed by atoms with Crippen molar-refractivity contribution in [3.05, 3.63) is 106 Å². The lowest BCUT2D eigenvalue weighted by Gasteiger charge is -2.39. The van der Waals surface area contributed by atoms with Crippen LogP contribution >= 0.6 is 23.2 Å². The van der Waals surface area contributed by atoms with Crippen molar-refractivity contribution < 1.29 is 14.3 Å². The van der Waals surface area contributed by atoms with Crippen LogP contribution in [0.5, 0.6) is 5.88 Å². The van der Waals surface area contributed by atoms with Gasteiger partial charge in [0.2, 0.25) is 17.7 Å². The first-order chi connectivity index (χ1) is 23.9. The molecule has 254 valence electrons.